The van der Waals surface area contributed by atoms with Crippen LogP contribution in [0.1, 0.15) is 404 Å². The Labute approximate surface area is 877 Å². The predicted molar refractivity (Wildman–Crippen MR) is 576 cm³/mol. The third-order valence-corrected chi connectivity index (χ3v) is 44.1. The maximum absolute atomic E-state index is 13.4. The van der Waals surface area contributed by atoms with Crippen LogP contribution in [0.15, 0.2) is 139 Å². The lowest BCUT2D eigenvalue weighted by Gasteiger charge is -2.37. The fraction of sp³-hybridized carbons (Fsp3) is 0.673. The maximum atomic E-state index is 13.4. The minimum Gasteiger partial charge on any atom is -0.349 e. The van der Waals surface area contributed by atoms with Crippen molar-refractivity contribution in [2.45, 2.75) is 437 Å². The standard InChI is InChI=1S/C27H44N2O3S.2C21H32N2O3S.C19H24Br4N2O3S.C19H28N2O3S/c1-26(2,3)19-11-15-21(16-12-19)28-25(30)23-9-7-8-10-24(23)33(31,32)29-22-17-13-20(14-18-22)27(4,5)6;1-15-9-3-6-12-18(15)22-21(24)17-11-5-8-14-20(17)27(25,26)23-19-13-7-4-10-16(19)2;1-15-7-11-17(12-8-15)22-21(24)19-5-3-4-6-20(19)27(25,26)23-18-13-9-16(2)10-14-18;20-14-13(19(26)24-11-7-3-1-4-8-11)18(17(23)16(22)15(14)21)29(27,28)25-12-9-5-2-6-10-12;22-19(20-15-9-3-1-4-10-15)17-13-7-8-14-18(17)25(23,24)21-16-11-5-2-6-12-16/h7-10,19-22,29H,11-18H2,1-6H3,(H,28,30);5,8,11,14-16,18-19,23H,3-4,6-7,9-10,12-13H2,1-2H3,(H,22,24);3-6,15-18,23H,7-14H2,1-2H3,(H,22,24);11-12,25H,1-10H2,(H,24,26);7-8,13-16,21H,1-6,9-12H2,(H,20,22). The average molecular weight is 2310 g/mol. The van der Waals surface area contributed by atoms with Crippen LogP contribution < -0.4 is 50.2 Å². The van der Waals surface area contributed by atoms with Crippen LogP contribution in [0.25, 0.3) is 0 Å². The minimum absolute atomic E-state index is 0.0202. The Balaban J connectivity index is 0.000000169. The summed E-state index contributed by atoms with van der Waals surface area (Å²) in [7, 11) is -18.8. The fourth-order valence-corrected chi connectivity index (χ4v) is 33.1. The van der Waals surface area contributed by atoms with Crippen molar-refractivity contribution < 1.29 is 66.1 Å². The van der Waals surface area contributed by atoms with Crippen LogP contribution in [0.4, 0.5) is 0 Å². The van der Waals surface area contributed by atoms with Gasteiger partial charge in [-0.3, -0.25) is 24.0 Å². The molecule has 15 rings (SSSR count). The molecule has 141 heavy (non-hydrogen) atoms. The number of sulfonamides is 5. The molecule has 4 atom stereocenters. The van der Waals surface area contributed by atoms with E-state index >= 15 is 0 Å². The highest BCUT2D eigenvalue weighted by Crippen LogP contribution is 2.46. The van der Waals surface area contributed by atoms with Gasteiger partial charge < -0.3 is 26.6 Å². The van der Waals surface area contributed by atoms with Crippen molar-refractivity contribution in [3.8, 4) is 0 Å². The van der Waals surface area contributed by atoms with Crippen molar-refractivity contribution in [2.24, 2.45) is 46.3 Å². The van der Waals surface area contributed by atoms with Crippen molar-refractivity contribution in [3.05, 3.63) is 143 Å². The lowest BCUT2D eigenvalue weighted by Crippen LogP contribution is -2.43. The van der Waals surface area contributed by atoms with Gasteiger partial charge in [-0.25, -0.2) is 65.7 Å². The van der Waals surface area contributed by atoms with Gasteiger partial charge in [0.2, 0.25) is 50.1 Å². The normalized spacial score (nSPS) is 25.1. The first-order valence-corrected chi connectivity index (χ1v) is 63.3. The summed E-state index contributed by atoms with van der Waals surface area (Å²) >= 11 is 13.7. The first kappa shape index (κ1) is 116. The zero-order valence-corrected chi connectivity index (χ0v) is 95.2. The number of hydrogen-bond acceptors (Lipinski definition) is 15. The van der Waals surface area contributed by atoms with Crippen molar-refractivity contribution >= 4 is 143 Å². The molecule has 5 aromatic rings. The molecule has 0 aliphatic heterocycles. The zero-order chi connectivity index (χ0) is 102. The quantitative estimate of drug-likeness (QED) is 0.0192. The molecular weight excluding hydrogens is 2150 g/mol. The van der Waals surface area contributed by atoms with Gasteiger partial charge >= 0.3 is 0 Å². The van der Waals surface area contributed by atoms with Crippen LogP contribution in [-0.2, 0) is 50.1 Å². The molecule has 0 bridgehead atoms. The second kappa shape index (κ2) is 53.9. The third-order valence-electron chi connectivity index (χ3n) is 31.2. The summed E-state index contributed by atoms with van der Waals surface area (Å²) in [6.07, 6.45) is 44.5. The van der Waals surface area contributed by atoms with Crippen molar-refractivity contribution in [3.63, 3.8) is 0 Å². The highest BCUT2D eigenvalue weighted by molar-refractivity contribution is 9.15. The Bertz CT molecular complexity index is 5570. The highest BCUT2D eigenvalue weighted by Gasteiger charge is 2.40. The molecule has 4 unspecified atom stereocenters. The molecule has 786 valence electrons. The fourth-order valence-electron chi connectivity index (χ4n) is 22.2. The Kier molecular flexibility index (Phi) is 44.4. The van der Waals surface area contributed by atoms with Gasteiger partial charge in [-0.2, -0.15) is 0 Å². The smallest absolute Gasteiger partial charge is 0.254 e. The molecule has 0 radical (unpaired) electrons. The van der Waals surface area contributed by atoms with Gasteiger partial charge in [0.15, 0.2) is 0 Å². The van der Waals surface area contributed by atoms with Crippen molar-refractivity contribution in [1.29, 1.82) is 0 Å². The van der Waals surface area contributed by atoms with Crippen molar-refractivity contribution in [1.82, 2.24) is 50.2 Å². The van der Waals surface area contributed by atoms with E-state index in [9.17, 15) is 66.1 Å². The number of carbonyl (C=O) groups excluding carboxylic acids is 5. The summed E-state index contributed by atoms with van der Waals surface area (Å²) in [5, 5.41) is 15.3. The molecule has 0 aromatic heterocycles. The van der Waals surface area contributed by atoms with Crippen LogP contribution in [0.5, 0.6) is 0 Å². The van der Waals surface area contributed by atoms with Gasteiger partial charge in [0.05, 0.1) is 51.9 Å². The Morgan fingerprint density at radius 3 is 0.823 bits per heavy atom. The second-order valence-corrected chi connectivity index (χ2v) is 55.8. The second-order valence-electron chi connectivity index (χ2n) is 44.2. The molecule has 10 aliphatic carbocycles. The Morgan fingerprint density at radius 2 is 0.489 bits per heavy atom. The maximum Gasteiger partial charge on any atom is 0.254 e. The van der Waals surface area contributed by atoms with E-state index in [1.807, 2.05) is 0 Å². The predicted octanol–water partition coefficient (Wildman–Crippen LogP) is 23.4. The van der Waals surface area contributed by atoms with E-state index in [0.717, 1.165) is 257 Å². The van der Waals surface area contributed by atoms with E-state index in [2.05, 4.69) is 183 Å². The lowest BCUT2D eigenvalue weighted by atomic mass is 9.71. The number of nitrogens with one attached hydrogen (secondary N) is 10. The number of rotatable bonds is 25. The van der Waals surface area contributed by atoms with E-state index in [0.29, 0.717) is 53.4 Å². The van der Waals surface area contributed by atoms with E-state index in [4.69, 9.17) is 0 Å². The summed E-state index contributed by atoms with van der Waals surface area (Å²) < 4.78 is 147. The van der Waals surface area contributed by atoms with Gasteiger partial charge in [-0.15, -0.1) is 0 Å². The van der Waals surface area contributed by atoms with Gasteiger partial charge in [0.25, 0.3) is 29.5 Å². The molecule has 0 spiro atoms. The van der Waals surface area contributed by atoms with Crippen LogP contribution in [0.3, 0.4) is 0 Å². The summed E-state index contributed by atoms with van der Waals surface area (Å²) in [4.78, 5) is 65.0. The number of benzene rings is 5. The Morgan fingerprint density at radius 1 is 0.248 bits per heavy atom. The van der Waals surface area contributed by atoms with E-state index in [1.165, 1.54) is 43.9 Å². The van der Waals surface area contributed by atoms with E-state index in [1.54, 1.807) is 78.9 Å². The first-order valence-electron chi connectivity index (χ1n) is 52.7. The van der Waals surface area contributed by atoms with Gasteiger partial charge in [-0.1, -0.05) is 221 Å². The third kappa shape index (κ3) is 34.2. The molecule has 10 aliphatic rings. The number of halogens is 4. The topological polar surface area (TPSA) is 376 Å². The molecule has 0 heterocycles. The van der Waals surface area contributed by atoms with Crippen LogP contribution in [-0.4, -0.2) is 132 Å². The molecule has 0 saturated heterocycles. The zero-order valence-electron chi connectivity index (χ0n) is 84.8. The van der Waals surface area contributed by atoms with Crippen molar-refractivity contribution in [2.75, 3.05) is 0 Å². The highest BCUT2D eigenvalue weighted by atomic mass is 79.9. The van der Waals surface area contributed by atoms with Gasteiger partial charge in [0.1, 0.15) is 4.90 Å². The van der Waals surface area contributed by atoms with Crippen LogP contribution in [0, 0.1) is 46.3 Å². The summed E-state index contributed by atoms with van der Waals surface area (Å²) in [6, 6.07) is 26.5. The van der Waals surface area contributed by atoms with E-state index in [-0.39, 0.29) is 153 Å². The van der Waals surface area contributed by atoms with E-state index < -0.39 is 50.1 Å². The number of hydrogen-bond donors (Lipinski definition) is 10. The van der Waals surface area contributed by atoms with Gasteiger partial charge in [-0.05, 0) is 338 Å². The SMILES string of the molecule is CC(C)(C)C1CCC(NC(=O)c2ccccc2S(=O)(=O)NC2CCC(C(C)(C)C)CC2)CC1.CC1CCC(NC(=O)c2ccccc2S(=O)(=O)NC2CCC(C)CC2)CC1.CC1CCCCC1NC(=O)c1ccccc1S(=O)(=O)NC1CCCCC1C.O=C(NC1CCCCC1)c1c(Br)c(Br)c(Br)c(Br)c1S(=O)(=O)NC1CCCCC1.O=C(NC1CCCCC1)c1ccccc1S(=O)(=O)NC1CCCCC1. The number of amides is 5. The van der Waals surface area contributed by atoms with Gasteiger partial charge in [0, 0.05) is 73.8 Å². The molecule has 5 aromatic carbocycles. The Hall–Kier alpha value is -5.08. The largest absolute Gasteiger partial charge is 0.349 e. The molecular formula is C107H160Br4N10O15S5. The minimum atomic E-state index is -3.91. The molecule has 10 saturated carbocycles. The summed E-state index contributed by atoms with van der Waals surface area (Å²) in [5.41, 5.74) is 1.64. The first-order chi connectivity index (χ1) is 66.8. The number of carbonyl (C=O) groups is 5. The molecule has 25 nitrogen and oxygen atoms in total. The molecule has 34 heteroatoms. The lowest BCUT2D eigenvalue weighted by molar-refractivity contribution is 0.0894. The molecule has 10 N–H and O–H groups in total. The monoisotopic (exact) mass is 2300 g/mol. The van der Waals surface area contributed by atoms with Crippen LogP contribution >= 0.6 is 63.7 Å². The molecule has 5 amide bonds. The average Bonchev–Trinajstić information content (AvgIpc) is 0.748. The summed E-state index contributed by atoms with van der Waals surface area (Å²) in [5.74, 6) is 1.87. The molecule has 10 fully saturated rings. The van der Waals surface area contributed by atoms with Crippen LogP contribution in [0.2, 0.25) is 0 Å². The summed E-state index contributed by atoms with van der Waals surface area (Å²) in [6.45, 7) is 22.3.